The second-order valence-corrected chi connectivity index (χ2v) is 5.36. The van der Waals surface area contributed by atoms with Crippen molar-refractivity contribution in [2.45, 2.75) is 20.4 Å². The molecule has 1 aromatic carbocycles. The Morgan fingerprint density at radius 3 is 2.68 bits per heavy atom. The van der Waals surface area contributed by atoms with Crippen LogP contribution in [0.3, 0.4) is 0 Å². The fourth-order valence-corrected chi connectivity index (χ4v) is 2.60. The van der Waals surface area contributed by atoms with E-state index in [0.717, 1.165) is 21.8 Å². The molecule has 0 amide bonds. The van der Waals surface area contributed by atoms with Crippen molar-refractivity contribution in [3.63, 3.8) is 0 Å². The summed E-state index contributed by atoms with van der Waals surface area (Å²) < 4.78 is 0. The van der Waals surface area contributed by atoms with E-state index in [1.165, 1.54) is 0 Å². The standard InChI is InChI=1S/C13H15N3O2S/c1-8-6-12(16(17)18)9(2)5-11(8)15-7-13-10(14)3-4-19-13/h3-6,15H,7,14H2,1-2H3. The minimum Gasteiger partial charge on any atom is -0.398 e. The van der Waals surface area contributed by atoms with E-state index in [1.807, 2.05) is 18.4 Å². The van der Waals surface area contributed by atoms with Gasteiger partial charge < -0.3 is 11.1 Å². The van der Waals surface area contributed by atoms with Gasteiger partial charge in [-0.2, -0.15) is 0 Å². The Kier molecular flexibility index (Phi) is 3.71. The Morgan fingerprint density at radius 2 is 2.11 bits per heavy atom. The molecule has 0 atom stereocenters. The average Bonchev–Trinajstić information content (AvgIpc) is 2.75. The third-order valence-electron chi connectivity index (χ3n) is 2.96. The van der Waals surface area contributed by atoms with Crippen molar-refractivity contribution in [1.82, 2.24) is 0 Å². The molecule has 0 unspecified atom stereocenters. The first-order valence-corrected chi connectivity index (χ1v) is 6.68. The van der Waals surface area contributed by atoms with Gasteiger partial charge in [-0.1, -0.05) is 0 Å². The van der Waals surface area contributed by atoms with E-state index in [-0.39, 0.29) is 10.6 Å². The Balaban J connectivity index is 2.20. The highest BCUT2D eigenvalue weighted by atomic mass is 32.1. The fourth-order valence-electron chi connectivity index (χ4n) is 1.86. The Bertz CT molecular complexity index is 622. The molecule has 0 aliphatic carbocycles. The highest BCUT2D eigenvalue weighted by Gasteiger charge is 2.13. The van der Waals surface area contributed by atoms with E-state index in [4.69, 9.17) is 5.73 Å². The van der Waals surface area contributed by atoms with Crippen molar-refractivity contribution in [3.8, 4) is 0 Å². The quantitative estimate of drug-likeness (QED) is 0.662. The molecule has 6 heteroatoms. The SMILES string of the molecule is Cc1cc([N+](=O)[O-])c(C)cc1NCc1sccc1N. The van der Waals surface area contributed by atoms with Gasteiger partial charge in [0.1, 0.15) is 0 Å². The number of anilines is 2. The number of aryl methyl sites for hydroxylation is 2. The number of nitrogens with zero attached hydrogens (tertiary/aromatic N) is 1. The molecule has 0 saturated heterocycles. The molecule has 0 aliphatic rings. The third-order valence-corrected chi connectivity index (χ3v) is 3.90. The molecule has 0 spiro atoms. The predicted molar refractivity (Wildman–Crippen MR) is 78.6 cm³/mol. The van der Waals surface area contributed by atoms with Crippen LogP contribution in [0.4, 0.5) is 17.1 Å². The van der Waals surface area contributed by atoms with Gasteiger partial charge in [0.15, 0.2) is 0 Å². The van der Waals surface area contributed by atoms with E-state index < -0.39 is 0 Å². The molecule has 100 valence electrons. The smallest absolute Gasteiger partial charge is 0.272 e. The number of hydrogen-bond donors (Lipinski definition) is 2. The first-order chi connectivity index (χ1) is 8.99. The van der Waals surface area contributed by atoms with Crippen LogP contribution >= 0.6 is 11.3 Å². The monoisotopic (exact) mass is 277 g/mol. The largest absolute Gasteiger partial charge is 0.398 e. The van der Waals surface area contributed by atoms with Gasteiger partial charge in [0.05, 0.1) is 11.5 Å². The predicted octanol–water partition coefficient (Wildman–Crippen LogP) is 3.47. The van der Waals surface area contributed by atoms with Crippen molar-refractivity contribution in [3.05, 3.63) is 49.7 Å². The van der Waals surface area contributed by atoms with E-state index >= 15 is 0 Å². The van der Waals surface area contributed by atoms with Gasteiger partial charge in [-0.05, 0) is 36.9 Å². The van der Waals surface area contributed by atoms with Crippen LogP contribution in [0.25, 0.3) is 0 Å². The number of nitrogens with one attached hydrogen (secondary N) is 1. The summed E-state index contributed by atoms with van der Waals surface area (Å²) in [5, 5.41) is 16.1. The normalized spacial score (nSPS) is 10.4. The van der Waals surface area contributed by atoms with Crippen LogP contribution < -0.4 is 11.1 Å². The van der Waals surface area contributed by atoms with Crippen molar-refractivity contribution >= 4 is 28.4 Å². The van der Waals surface area contributed by atoms with Gasteiger partial charge in [0.25, 0.3) is 5.69 Å². The van der Waals surface area contributed by atoms with Crippen LogP contribution in [-0.2, 0) is 6.54 Å². The summed E-state index contributed by atoms with van der Waals surface area (Å²) in [7, 11) is 0. The number of benzene rings is 1. The molecular formula is C13H15N3O2S. The lowest BCUT2D eigenvalue weighted by atomic mass is 10.1. The highest BCUT2D eigenvalue weighted by Crippen LogP contribution is 2.27. The van der Waals surface area contributed by atoms with Gasteiger partial charge in [-0.3, -0.25) is 10.1 Å². The topological polar surface area (TPSA) is 81.2 Å². The summed E-state index contributed by atoms with van der Waals surface area (Å²) in [6, 6.07) is 5.27. The van der Waals surface area contributed by atoms with Crippen LogP contribution in [0, 0.1) is 24.0 Å². The lowest BCUT2D eigenvalue weighted by Gasteiger charge is -2.10. The van der Waals surface area contributed by atoms with Crippen LogP contribution in [0.2, 0.25) is 0 Å². The maximum absolute atomic E-state index is 10.8. The van der Waals surface area contributed by atoms with E-state index in [9.17, 15) is 10.1 Å². The van der Waals surface area contributed by atoms with E-state index in [0.29, 0.717) is 12.1 Å². The summed E-state index contributed by atoms with van der Waals surface area (Å²) in [6.45, 7) is 4.22. The Morgan fingerprint density at radius 1 is 1.37 bits per heavy atom. The number of nitro groups is 1. The zero-order chi connectivity index (χ0) is 14.0. The summed E-state index contributed by atoms with van der Waals surface area (Å²) in [6.07, 6.45) is 0. The van der Waals surface area contributed by atoms with Crippen LogP contribution in [-0.4, -0.2) is 4.92 Å². The summed E-state index contributed by atoms with van der Waals surface area (Å²) in [5.41, 5.74) is 9.14. The molecule has 3 N–H and O–H groups in total. The molecular weight excluding hydrogens is 262 g/mol. The minimum absolute atomic E-state index is 0.152. The molecule has 1 heterocycles. The van der Waals surface area contributed by atoms with Crippen molar-refractivity contribution in [2.24, 2.45) is 0 Å². The number of nitrogens with two attached hydrogens (primary N) is 1. The fraction of sp³-hybridized carbons (Fsp3) is 0.231. The van der Waals surface area contributed by atoms with Crippen molar-refractivity contribution in [2.75, 3.05) is 11.1 Å². The lowest BCUT2D eigenvalue weighted by molar-refractivity contribution is -0.385. The molecule has 5 nitrogen and oxygen atoms in total. The molecule has 2 rings (SSSR count). The van der Waals surface area contributed by atoms with Gasteiger partial charge in [0.2, 0.25) is 0 Å². The van der Waals surface area contributed by atoms with Crippen molar-refractivity contribution in [1.29, 1.82) is 0 Å². The number of thiophene rings is 1. The average molecular weight is 277 g/mol. The lowest BCUT2D eigenvalue weighted by Crippen LogP contribution is -2.03. The molecule has 19 heavy (non-hydrogen) atoms. The summed E-state index contributed by atoms with van der Waals surface area (Å²) in [5.74, 6) is 0. The molecule has 0 saturated carbocycles. The van der Waals surface area contributed by atoms with Gasteiger partial charge in [-0.25, -0.2) is 0 Å². The first-order valence-electron chi connectivity index (χ1n) is 5.80. The minimum atomic E-state index is -0.358. The molecule has 0 radical (unpaired) electrons. The summed E-state index contributed by atoms with van der Waals surface area (Å²) >= 11 is 1.59. The molecule has 0 fully saturated rings. The molecule has 1 aromatic heterocycles. The number of hydrogen-bond acceptors (Lipinski definition) is 5. The van der Waals surface area contributed by atoms with E-state index in [1.54, 1.807) is 30.4 Å². The zero-order valence-electron chi connectivity index (χ0n) is 10.8. The second-order valence-electron chi connectivity index (χ2n) is 4.36. The highest BCUT2D eigenvalue weighted by molar-refractivity contribution is 7.10. The Hall–Kier alpha value is -2.08. The van der Waals surface area contributed by atoms with Gasteiger partial charge >= 0.3 is 0 Å². The van der Waals surface area contributed by atoms with E-state index in [2.05, 4.69) is 5.32 Å². The second kappa shape index (κ2) is 5.27. The Labute approximate surface area is 115 Å². The first kappa shape index (κ1) is 13.4. The third kappa shape index (κ3) is 2.85. The van der Waals surface area contributed by atoms with Crippen LogP contribution in [0.1, 0.15) is 16.0 Å². The molecule has 2 aromatic rings. The number of nitrogen functional groups attached to an aromatic ring is 1. The van der Waals surface area contributed by atoms with Crippen LogP contribution in [0.5, 0.6) is 0 Å². The van der Waals surface area contributed by atoms with Crippen molar-refractivity contribution < 1.29 is 4.92 Å². The number of rotatable bonds is 4. The maximum atomic E-state index is 10.8. The van der Waals surface area contributed by atoms with Crippen LogP contribution in [0.15, 0.2) is 23.6 Å². The number of nitro benzene ring substituents is 1. The maximum Gasteiger partial charge on any atom is 0.272 e. The zero-order valence-corrected chi connectivity index (χ0v) is 11.6. The van der Waals surface area contributed by atoms with Gasteiger partial charge in [0, 0.05) is 27.9 Å². The summed E-state index contributed by atoms with van der Waals surface area (Å²) in [4.78, 5) is 11.6. The molecule has 0 aliphatic heterocycles. The molecule has 0 bridgehead atoms. The van der Waals surface area contributed by atoms with Gasteiger partial charge in [-0.15, -0.1) is 11.3 Å².